The molecule has 0 N–H and O–H groups in total. The number of fused-ring (bicyclic) bond motifs is 2. The Hall–Kier alpha value is 0. The molecular weight excluding hydrogens is 264 g/mol. The Balaban J connectivity index is 1.67. The van der Waals surface area contributed by atoms with E-state index < -0.39 is 0 Å². The third-order valence-corrected chi connectivity index (χ3v) is 8.73. The van der Waals surface area contributed by atoms with E-state index >= 15 is 0 Å². The van der Waals surface area contributed by atoms with E-state index in [0.29, 0.717) is 5.41 Å². The lowest BCUT2D eigenvalue weighted by Crippen LogP contribution is -2.55. The van der Waals surface area contributed by atoms with Crippen LogP contribution in [0.3, 0.4) is 0 Å². The van der Waals surface area contributed by atoms with Crippen LogP contribution >= 0.6 is 0 Å². The second-order valence-corrected chi connectivity index (χ2v) is 9.91. The Bertz CT molecular complexity index is 349. The van der Waals surface area contributed by atoms with Crippen LogP contribution in [0.2, 0.25) is 0 Å². The molecule has 0 amide bonds. The minimum absolute atomic E-state index is 0.640. The maximum atomic E-state index is 2.68. The average Bonchev–Trinajstić information content (AvgIpc) is 2.56. The molecule has 0 aliphatic heterocycles. The van der Waals surface area contributed by atoms with Crippen LogP contribution in [0.1, 0.15) is 97.3 Å². The molecular formula is C22H38. The van der Waals surface area contributed by atoms with Crippen molar-refractivity contribution in [1.82, 2.24) is 0 Å². The van der Waals surface area contributed by atoms with Crippen molar-refractivity contribution in [3.05, 3.63) is 0 Å². The lowest BCUT2D eigenvalue weighted by atomic mass is 9.43. The fraction of sp³-hybridized carbons (Fsp3) is 1.00. The molecule has 4 aliphatic carbocycles. The summed E-state index contributed by atoms with van der Waals surface area (Å²) in [6, 6.07) is 0. The van der Waals surface area contributed by atoms with Gasteiger partial charge in [0.2, 0.25) is 0 Å². The van der Waals surface area contributed by atoms with Gasteiger partial charge in [0, 0.05) is 0 Å². The smallest absolute Gasteiger partial charge is 0.0292 e. The van der Waals surface area contributed by atoms with E-state index in [1.54, 1.807) is 51.4 Å². The molecule has 4 rings (SSSR count). The van der Waals surface area contributed by atoms with Crippen molar-refractivity contribution in [2.24, 2.45) is 40.9 Å². The number of hydrogen-bond donors (Lipinski definition) is 0. The highest BCUT2D eigenvalue weighted by Gasteiger charge is 2.56. The summed E-state index contributed by atoms with van der Waals surface area (Å²) in [7, 11) is 0. The fourth-order valence-corrected chi connectivity index (χ4v) is 7.90. The van der Waals surface area contributed by atoms with Gasteiger partial charge in [-0.2, -0.15) is 0 Å². The molecule has 22 heavy (non-hydrogen) atoms. The normalized spacial score (nSPS) is 45.8. The molecule has 5 atom stereocenters. The summed E-state index contributed by atoms with van der Waals surface area (Å²) in [5.41, 5.74) is 0.640. The molecule has 0 nitrogen and oxygen atoms in total. The van der Waals surface area contributed by atoms with Crippen LogP contribution in [0.15, 0.2) is 0 Å². The molecule has 0 aromatic heterocycles. The minimum Gasteiger partial charge on any atom is -0.0594 e. The fourth-order valence-electron chi connectivity index (χ4n) is 7.90. The van der Waals surface area contributed by atoms with Crippen LogP contribution in [0.5, 0.6) is 0 Å². The topological polar surface area (TPSA) is 0 Å². The van der Waals surface area contributed by atoms with Gasteiger partial charge in [-0.15, -0.1) is 0 Å². The average molecular weight is 303 g/mol. The molecule has 0 spiro atoms. The monoisotopic (exact) mass is 302 g/mol. The van der Waals surface area contributed by atoms with Gasteiger partial charge in [0.05, 0.1) is 0 Å². The highest BCUT2D eigenvalue weighted by atomic mass is 14.6. The second-order valence-electron chi connectivity index (χ2n) is 9.91. The molecule has 0 aromatic carbocycles. The summed E-state index contributed by atoms with van der Waals surface area (Å²) >= 11 is 0. The molecule has 4 unspecified atom stereocenters. The maximum absolute atomic E-state index is 2.68. The molecule has 4 aliphatic rings. The molecule has 0 heteroatoms. The summed E-state index contributed by atoms with van der Waals surface area (Å²) in [5, 5.41) is 0. The SMILES string of the molecule is CC1(C)C2CCCCC2C(C2CCCCC2)[C@H]2CCCCC21. The Labute approximate surface area is 138 Å². The molecule has 0 radical (unpaired) electrons. The zero-order valence-electron chi connectivity index (χ0n) is 15.2. The second kappa shape index (κ2) is 6.14. The molecule has 0 heterocycles. The van der Waals surface area contributed by atoms with Gasteiger partial charge in [0.15, 0.2) is 0 Å². The van der Waals surface area contributed by atoms with Crippen LogP contribution in [-0.2, 0) is 0 Å². The molecule has 4 fully saturated rings. The van der Waals surface area contributed by atoms with Crippen molar-refractivity contribution in [3.8, 4) is 0 Å². The minimum atomic E-state index is 0.640. The number of hydrogen-bond acceptors (Lipinski definition) is 0. The van der Waals surface area contributed by atoms with Gasteiger partial charge in [-0.3, -0.25) is 0 Å². The first-order valence-electron chi connectivity index (χ1n) is 10.7. The maximum Gasteiger partial charge on any atom is -0.0292 e. The van der Waals surface area contributed by atoms with Crippen LogP contribution < -0.4 is 0 Å². The molecule has 0 aromatic rings. The van der Waals surface area contributed by atoms with E-state index in [9.17, 15) is 0 Å². The van der Waals surface area contributed by atoms with Crippen molar-refractivity contribution in [1.29, 1.82) is 0 Å². The van der Waals surface area contributed by atoms with Crippen LogP contribution in [0.25, 0.3) is 0 Å². The van der Waals surface area contributed by atoms with Crippen LogP contribution in [0, 0.1) is 40.9 Å². The van der Waals surface area contributed by atoms with E-state index in [0.717, 1.165) is 35.5 Å². The first-order valence-corrected chi connectivity index (χ1v) is 10.7. The van der Waals surface area contributed by atoms with Crippen molar-refractivity contribution in [2.45, 2.75) is 97.3 Å². The third-order valence-electron chi connectivity index (χ3n) is 8.73. The first-order chi connectivity index (χ1) is 10.7. The van der Waals surface area contributed by atoms with E-state index in [4.69, 9.17) is 0 Å². The van der Waals surface area contributed by atoms with E-state index in [2.05, 4.69) is 13.8 Å². The van der Waals surface area contributed by atoms with Crippen molar-refractivity contribution in [2.75, 3.05) is 0 Å². The Morgan fingerprint density at radius 3 is 1.55 bits per heavy atom. The molecule has 0 saturated heterocycles. The van der Waals surface area contributed by atoms with Gasteiger partial charge in [0.25, 0.3) is 0 Å². The quantitative estimate of drug-likeness (QED) is 0.497. The Morgan fingerprint density at radius 1 is 0.545 bits per heavy atom. The van der Waals surface area contributed by atoms with Gasteiger partial charge in [-0.25, -0.2) is 0 Å². The highest BCUT2D eigenvalue weighted by molar-refractivity contribution is 5.04. The van der Waals surface area contributed by atoms with E-state index in [-0.39, 0.29) is 0 Å². The van der Waals surface area contributed by atoms with Gasteiger partial charge >= 0.3 is 0 Å². The zero-order chi connectivity index (χ0) is 15.2. The molecule has 126 valence electrons. The van der Waals surface area contributed by atoms with E-state index in [1.807, 2.05) is 0 Å². The standard InChI is InChI=1S/C22H38/c1-22(2)19-14-8-6-12-17(19)21(16-10-4-3-5-11-16)18-13-7-9-15-20(18)22/h16-21H,3-15H2,1-2H3/t17-,18?,19?,20?,21?/m0/s1. The van der Waals surface area contributed by atoms with Gasteiger partial charge in [0.1, 0.15) is 0 Å². The van der Waals surface area contributed by atoms with Gasteiger partial charge in [-0.1, -0.05) is 71.6 Å². The van der Waals surface area contributed by atoms with Crippen molar-refractivity contribution in [3.63, 3.8) is 0 Å². The lowest BCUT2D eigenvalue weighted by Gasteiger charge is -2.62. The summed E-state index contributed by atoms with van der Waals surface area (Å²) in [6.07, 6.45) is 20.2. The van der Waals surface area contributed by atoms with Gasteiger partial charge in [-0.05, 0) is 66.6 Å². The van der Waals surface area contributed by atoms with Crippen molar-refractivity contribution >= 4 is 0 Å². The largest absolute Gasteiger partial charge is 0.0594 e. The summed E-state index contributed by atoms with van der Waals surface area (Å²) in [4.78, 5) is 0. The summed E-state index contributed by atoms with van der Waals surface area (Å²) in [5.74, 6) is 6.57. The van der Waals surface area contributed by atoms with Crippen LogP contribution in [-0.4, -0.2) is 0 Å². The molecule has 0 bridgehead atoms. The lowest BCUT2D eigenvalue weighted by molar-refractivity contribution is -0.129. The first kappa shape index (κ1) is 15.5. The zero-order valence-corrected chi connectivity index (χ0v) is 15.2. The number of rotatable bonds is 1. The predicted molar refractivity (Wildman–Crippen MR) is 94.7 cm³/mol. The van der Waals surface area contributed by atoms with Crippen molar-refractivity contribution < 1.29 is 0 Å². The highest BCUT2D eigenvalue weighted by Crippen LogP contribution is 2.63. The van der Waals surface area contributed by atoms with Crippen LogP contribution in [0.4, 0.5) is 0 Å². The molecule has 4 saturated carbocycles. The van der Waals surface area contributed by atoms with Gasteiger partial charge < -0.3 is 0 Å². The van der Waals surface area contributed by atoms with E-state index in [1.165, 1.54) is 32.1 Å². The predicted octanol–water partition coefficient (Wildman–Crippen LogP) is 6.84. The summed E-state index contributed by atoms with van der Waals surface area (Å²) in [6.45, 7) is 5.35. The summed E-state index contributed by atoms with van der Waals surface area (Å²) < 4.78 is 0. The third kappa shape index (κ3) is 2.48. The Morgan fingerprint density at radius 2 is 1.00 bits per heavy atom. The Kier molecular flexibility index (Phi) is 4.33.